The molecule has 0 aliphatic rings. The molecule has 0 atom stereocenters. The molecule has 4 nitrogen and oxygen atoms in total. The Kier molecular flexibility index (Phi) is 22.5. The Balaban J connectivity index is -0.0000000800. The number of hydrogen-bond acceptors (Lipinski definition) is 4. The van der Waals surface area contributed by atoms with Crippen LogP contribution in [-0.4, -0.2) is 21.8 Å². The second-order valence-corrected chi connectivity index (χ2v) is 2.79. The maximum atomic E-state index is 10.0. The van der Waals surface area contributed by atoms with Crippen molar-refractivity contribution < 1.29 is 46.0 Å². The number of rotatable bonds is 2. The van der Waals surface area contributed by atoms with Gasteiger partial charge in [-0.15, -0.1) is 12.4 Å². The minimum absolute atomic E-state index is 0. The molecule has 0 fully saturated rings. The Morgan fingerprint density at radius 2 is 1.00 bits per heavy atom. The number of aliphatic hydroxyl groups excluding tert-OH is 2. The van der Waals surface area contributed by atoms with Gasteiger partial charge in [-0.25, -0.2) is 0 Å². The van der Waals surface area contributed by atoms with E-state index in [1.54, 1.807) is 0 Å². The van der Waals surface area contributed by atoms with E-state index in [1.807, 2.05) is 0 Å². The molecule has 0 heterocycles. The smallest absolute Gasteiger partial charge is 0.155 e. The number of ketones is 2. The van der Waals surface area contributed by atoms with Crippen LogP contribution in [0.1, 0.15) is 27.7 Å². The molecule has 0 saturated carbocycles. The van der Waals surface area contributed by atoms with Gasteiger partial charge in [0, 0.05) is 38.4 Å². The summed E-state index contributed by atoms with van der Waals surface area (Å²) in [5.41, 5.74) is 0. The molecule has 0 spiro atoms. The molecule has 0 unspecified atom stereocenters. The predicted octanol–water partition coefficient (Wildman–Crippen LogP) is 2.49. The minimum Gasteiger partial charge on any atom is -0.512 e. The molecule has 0 aliphatic heterocycles. The van der Waals surface area contributed by atoms with Crippen molar-refractivity contribution in [1.29, 1.82) is 0 Å². The largest absolute Gasteiger partial charge is 0.512 e. The van der Waals surface area contributed by atoms with E-state index in [9.17, 15) is 9.59 Å². The van der Waals surface area contributed by atoms with Crippen LogP contribution < -0.4 is 0 Å². The van der Waals surface area contributed by atoms with Crippen LogP contribution in [0.25, 0.3) is 0 Å². The fraction of sp³-hybridized carbons (Fsp3) is 0.400. The quantitative estimate of drug-likeness (QED) is 0.603. The zero-order chi connectivity index (χ0) is 11.7. The third-order valence-electron chi connectivity index (χ3n) is 0.824. The molecule has 0 radical (unpaired) electrons. The molecule has 0 aliphatic carbocycles. The Hall–Kier alpha value is -0.407. The zero-order valence-corrected chi connectivity index (χ0v) is 13.0. The van der Waals surface area contributed by atoms with E-state index in [0.29, 0.717) is 0 Å². The molecule has 0 amide bonds. The topological polar surface area (TPSA) is 74.6 Å². The molecule has 0 bridgehead atoms. The van der Waals surface area contributed by atoms with E-state index in [2.05, 4.69) is 0 Å². The number of carbonyl (C=O) groups excluding carboxylic acids is 2. The van der Waals surface area contributed by atoms with Gasteiger partial charge in [-0.2, -0.15) is 0 Å². The summed E-state index contributed by atoms with van der Waals surface area (Å²) in [4.78, 5) is 20.0. The van der Waals surface area contributed by atoms with E-state index in [1.165, 1.54) is 39.8 Å². The van der Waals surface area contributed by atoms with Crippen LogP contribution in [0.4, 0.5) is 0 Å². The van der Waals surface area contributed by atoms with Crippen molar-refractivity contribution in [2.24, 2.45) is 0 Å². The molecule has 92 valence electrons. The van der Waals surface area contributed by atoms with Crippen molar-refractivity contribution in [1.82, 2.24) is 0 Å². The Morgan fingerprint density at radius 1 is 0.812 bits per heavy atom. The fourth-order valence-corrected chi connectivity index (χ4v) is 0.588. The summed E-state index contributed by atoms with van der Waals surface area (Å²) >= 11 is 0. The summed E-state index contributed by atoms with van der Waals surface area (Å²) in [6.45, 7) is 5.70. The van der Waals surface area contributed by atoms with Crippen molar-refractivity contribution in [2.45, 2.75) is 27.7 Å². The average Bonchev–Trinajstić information content (AvgIpc) is 1.79. The van der Waals surface area contributed by atoms with E-state index in [-0.39, 0.29) is 61.7 Å². The van der Waals surface area contributed by atoms with Gasteiger partial charge in [0.2, 0.25) is 0 Å². The molecule has 0 aromatic heterocycles. The molecule has 0 saturated heterocycles. The van der Waals surface area contributed by atoms with Crippen molar-refractivity contribution in [2.75, 3.05) is 0 Å². The standard InChI is InChI=1S/2C5H8O2.ClH.Zr/c2*1-4(6)3-5(2)7;;/h2*3,6H,1-2H3;1H;/b2*4-3-;;. The molecule has 6 heteroatoms. The van der Waals surface area contributed by atoms with Gasteiger partial charge in [-0.3, -0.25) is 9.59 Å². The summed E-state index contributed by atoms with van der Waals surface area (Å²) in [5, 5.41) is 16.7. The number of halogens is 1. The summed E-state index contributed by atoms with van der Waals surface area (Å²) in [6.07, 6.45) is 2.33. The van der Waals surface area contributed by atoms with Crippen molar-refractivity contribution in [3.8, 4) is 0 Å². The zero-order valence-electron chi connectivity index (χ0n) is 9.77. The van der Waals surface area contributed by atoms with E-state index in [4.69, 9.17) is 10.2 Å². The van der Waals surface area contributed by atoms with Crippen molar-refractivity contribution >= 4 is 24.0 Å². The van der Waals surface area contributed by atoms with Crippen molar-refractivity contribution in [3.05, 3.63) is 23.7 Å². The van der Waals surface area contributed by atoms with Crippen LogP contribution in [0.3, 0.4) is 0 Å². The minimum atomic E-state index is -0.125. The molecule has 0 rings (SSSR count). The first-order valence-electron chi connectivity index (χ1n) is 4.01. The maximum absolute atomic E-state index is 10.0. The predicted molar refractivity (Wildman–Crippen MR) is 61.4 cm³/mol. The monoisotopic (exact) mass is 326 g/mol. The van der Waals surface area contributed by atoms with Crippen LogP contribution in [-0.2, 0) is 35.8 Å². The van der Waals surface area contributed by atoms with Crippen LogP contribution in [0.2, 0.25) is 0 Å². The summed E-state index contributed by atoms with van der Waals surface area (Å²) in [5.74, 6) is -0.125. The number of allylic oxidation sites excluding steroid dienone is 4. The Labute approximate surface area is 121 Å². The first-order valence-corrected chi connectivity index (χ1v) is 4.01. The number of carbonyl (C=O) groups is 2. The molecular weight excluding hydrogens is 311 g/mol. The molecular formula is C10H17ClO4Zr. The van der Waals surface area contributed by atoms with Gasteiger partial charge >= 0.3 is 0 Å². The number of hydrogen-bond donors (Lipinski definition) is 2. The molecule has 16 heavy (non-hydrogen) atoms. The van der Waals surface area contributed by atoms with Gasteiger partial charge in [0.05, 0.1) is 11.5 Å². The van der Waals surface area contributed by atoms with Crippen molar-refractivity contribution in [3.63, 3.8) is 0 Å². The molecule has 2 N–H and O–H groups in total. The van der Waals surface area contributed by atoms with Gasteiger partial charge in [0.15, 0.2) is 11.6 Å². The SMILES string of the molecule is CC(=O)/C=C(/C)O.CC(=O)/C=C(/C)O.Cl.[Zr]. The first-order chi connectivity index (χ1) is 6.25. The van der Waals surface area contributed by atoms with E-state index in [0.717, 1.165) is 0 Å². The van der Waals surface area contributed by atoms with Gasteiger partial charge in [-0.05, 0) is 27.7 Å². The molecule has 0 aromatic rings. The second-order valence-electron chi connectivity index (χ2n) is 2.79. The average molecular weight is 328 g/mol. The Morgan fingerprint density at radius 3 is 1.00 bits per heavy atom. The number of aliphatic hydroxyl groups is 2. The van der Waals surface area contributed by atoms with Gasteiger partial charge in [-0.1, -0.05) is 0 Å². The van der Waals surface area contributed by atoms with Crippen LogP contribution in [0.15, 0.2) is 23.7 Å². The second kappa shape index (κ2) is 14.6. The van der Waals surface area contributed by atoms with Gasteiger partial charge < -0.3 is 10.2 Å². The third kappa shape index (κ3) is 37.4. The third-order valence-corrected chi connectivity index (χ3v) is 0.824. The van der Waals surface area contributed by atoms with Gasteiger partial charge in [0.1, 0.15) is 0 Å². The van der Waals surface area contributed by atoms with Crippen LogP contribution in [0.5, 0.6) is 0 Å². The van der Waals surface area contributed by atoms with E-state index >= 15 is 0 Å². The summed E-state index contributed by atoms with van der Waals surface area (Å²) < 4.78 is 0. The Bertz CT molecular complexity index is 236. The first kappa shape index (κ1) is 24.7. The van der Waals surface area contributed by atoms with E-state index < -0.39 is 0 Å². The maximum Gasteiger partial charge on any atom is 0.155 e. The normalized spacial score (nSPS) is 10.0. The van der Waals surface area contributed by atoms with Crippen LogP contribution >= 0.6 is 12.4 Å². The van der Waals surface area contributed by atoms with Gasteiger partial charge in [0.25, 0.3) is 0 Å². The summed E-state index contributed by atoms with van der Waals surface area (Å²) in [7, 11) is 0. The molecule has 0 aromatic carbocycles. The summed E-state index contributed by atoms with van der Waals surface area (Å²) in [6, 6.07) is 0. The van der Waals surface area contributed by atoms with Crippen LogP contribution in [0, 0.1) is 0 Å². The fourth-order valence-electron chi connectivity index (χ4n) is 0.588.